The maximum Gasteiger partial charge on any atom is 0.334 e. The Labute approximate surface area is 144 Å². The second kappa shape index (κ2) is 10.9. The van der Waals surface area contributed by atoms with Crippen molar-refractivity contribution in [3.8, 4) is 0 Å². The Morgan fingerprint density at radius 3 is 2.38 bits per heavy atom. The Morgan fingerprint density at radius 1 is 1.21 bits per heavy atom. The van der Waals surface area contributed by atoms with Crippen LogP contribution in [0.3, 0.4) is 0 Å². The number of nitro groups is 1. The van der Waals surface area contributed by atoms with E-state index in [9.17, 15) is 10.1 Å². The molecule has 0 amide bonds. The standard InChI is InChI=1S/C17H26N2O4Si/c1-4-22-24(3,23-5-2)15-7-14-18-13-6-8-16-9-11-17(12-10-16)19(20)21/h6,8-13H,4-5,7,14-15H2,1-3H3/b8-6+,18-13?. The van der Waals surface area contributed by atoms with E-state index in [1.165, 1.54) is 12.1 Å². The van der Waals surface area contributed by atoms with E-state index in [0.717, 1.165) is 24.6 Å². The van der Waals surface area contributed by atoms with Gasteiger partial charge in [0.1, 0.15) is 0 Å². The number of rotatable bonds is 11. The monoisotopic (exact) mass is 350 g/mol. The molecule has 0 spiro atoms. The fourth-order valence-electron chi connectivity index (χ4n) is 2.28. The van der Waals surface area contributed by atoms with Gasteiger partial charge >= 0.3 is 8.56 Å². The van der Waals surface area contributed by atoms with Gasteiger partial charge in [-0.05, 0) is 56.6 Å². The van der Waals surface area contributed by atoms with Gasteiger partial charge in [0.25, 0.3) is 5.69 Å². The Hall–Kier alpha value is -1.83. The van der Waals surface area contributed by atoms with Gasteiger partial charge in [0.15, 0.2) is 0 Å². The average Bonchev–Trinajstić information content (AvgIpc) is 2.55. The molecule has 0 heterocycles. The number of hydrogen-bond acceptors (Lipinski definition) is 5. The van der Waals surface area contributed by atoms with Gasteiger partial charge in [-0.1, -0.05) is 6.08 Å². The molecule has 0 saturated carbocycles. The number of nitrogens with zero attached hydrogens (tertiary/aromatic N) is 2. The fraction of sp³-hybridized carbons (Fsp3) is 0.471. The fourth-order valence-corrected chi connectivity index (χ4v) is 4.68. The Kier molecular flexibility index (Phi) is 9.14. The highest BCUT2D eigenvalue weighted by molar-refractivity contribution is 6.66. The molecule has 0 N–H and O–H groups in total. The largest absolute Gasteiger partial charge is 0.395 e. The summed E-state index contributed by atoms with van der Waals surface area (Å²) < 4.78 is 11.6. The van der Waals surface area contributed by atoms with Crippen LogP contribution < -0.4 is 0 Å². The van der Waals surface area contributed by atoms with Crippen LogP contribution in [0.2, 0.25) is 12.6 Å². The number of aliphatic imine (C=N–C) groups is 1. The molecule has 7 heteroatoms. The number of non-ortho nitro benzene ring substituents is 1. The van der Waals surface area contributed by atoms with Crippen LogP contribution in [0.25, 0.3) is 6.08 Å². The van der Waals surface area contributed by atoms with Crippen molar-refractivity contribution in [3.05, 3.63) is 46.0 Å². The maximum absolute atomic E-state index is 10.6. The lowest BCUT2D eigenvalue weighted by Gasteiger charge is -2.25. The van der Waals surface area contributed by atoms with Crippen molar-refractivity contribution in [2.75, 3.05) is 19.8 Å². The molecule has 1 aromatic rings. The number of benzene rings is 1. The molecule has 24 heavy (non-hydrogen) atoms. The average molecular weight is 350 g/mol. The smallest absolute Gasteiger partial charge is 0.334 e. The third kappa shape index (κ3) is 7.63. The first-order chi connectivity index (χ1) is 11.5. The van der Waals surface area contributed by atoms with Crippen molar-refractivity contribution in [2.24, 2.45) is 4.99 Å². The molecule has 132 valence electrons. The lowest BCUT2D eigenvalue weighted by molar-refractivity contribution is -0.384. The van der Waals surface area contributed by atoms with Gasteiger partial charge in [-0.2, -0.15) is 0 Å². The van der Waals surface area contributed by atoms with Crippen molar-refractivity contribution < 1.29 is 13.8 Å². The highest BCUT2D eigenvalue weighted by Crippen LogP contribution is 2.16. The zero-order valence-electron chi connectivity index (χ0n) is 14.6. The zero-order chi connectivity index (χ0) is 17.8. The predicted octanol–water partition coefficient (Wildman–Crippen LogP) is 4.21. The number of allylic oxidation sites excluding steroid dienone is 1. The van der Waals surface area contributed by atoms with Gasteiger partial charge in [-0.15, -0.1) is 0 Å². The molecule has 0 aliphatic carbocycles. The first-order valence-corrected chi connectivity index (χ1v) is 10.7. The summed E-state index contributed by atoms with van der Waals surface area (Å²) in [6.45, 7) is 8.18. The van der Waals surface area contributed by atoms with Crippen LogP contribution in [0.5, 0.6) is 0 Å². The predicted molar refractivity (Wildman–Crippen MR) is 99.8 cm³/mol. The van der Waals surface area contributed by atoms with Crippen LogP contribution >= 0.6 is 0 Å². The summed E-state index contributed by atoms with van der Waals surface area (Å²) >= 11 is 0. The Bertz CT molecular complexity index is 552. The molecular formula is C17H26N2O4Si. The highest BCUT2D eigenvalue weighted by atomic mass is 28.4. The summed E-state index contributed by atoms with van der Waals surface area (Å²) in [5, 5.41) is 10.6. The van der Waals surface area contributed by atoms with Gasteiger partial charge in [-0.3, -0.25) is 15.1 Å². The van der Waals surface area contributed by atoms with Crippen LogP contribution in [0.4, 0.5) is 5.69 Å². The van der Waals surface area contributed by atoms with Crippen LogP contribution in [-0.2, 0) is 8.85 Å². The van der Waals surface area contributed by atoms with E-state index < -0.39 is 13.5 Å². The molecular weight excluding hydrogens is 324 g/mol. The SMILES string of the molecule is CCO[Si](C)(CCCN=C/C=C/c1ccc([N+](=O)[O-])cc1)OCC. The van der Waals surface area contributed by atoms with Crippen LogP contribution in [-0.4, -0.2) is 39.5 Å². The molecule has 0 atom stereocenters. The molecule has 0 fully saturated rings. The number of nitro benzene ring substituents is 1. The van der Waals surface area contributed by atoms with Gasteiger partial charge in [-0.25, -0.2) is 0 Å². The summed E-state index contributed by atoms with van der Waals surface area (Å²) in [4.78, 5) is 14.5. The van der Waals surface area contributed by atoms with E-state index in [1.807, 2.05) is 26.0 Å². The van der Waals surface area contributed by atoms with E-state index in [4.69, 9.17) is 8.85 Å². The van der Waals surface area contributed by atoms with Crippen molar-refractivity contribution >= 4 is 26.5 Å². The first-order valence-electron chi connectivity index (χ1n) is 8.19. The van der Waals surface area contributed by atoms with E-state index >= 15 is 0 Å². The normalized spacial score (nSPS) is 12.3. The summed E-state index contributed by atoms with van der Waals surface area (Å²) in [5.41, 5.74) is 0.997. The van der Waals surface area contributed by atoms with Crippen molar-refractivity contribution in [2.45, 2.75) is 32.9 Å². The van der Waals surface area contributed by atoms with E-state index in [-0.39, 0.29) is 5.69 Å². The minimum Gasteiger partial charge on any atom is -0.395 e. The molecule has 6 nitrogen and oxygen atoms in total. The quantitative estimate of drug-likeness (QED) is 0.197. The second-order valence-corrected chi connectivity index (χ2v) is 8.71. The molecule has 0 aliphatic rings. The van der Waals surface area contributed by atoms with Gasteiger partial charge in [0, 0.05) is 38.1 Å². The summed E-state index contributed by atoms with van der Waals surface area (Å²) in [5.74, 6) is 0. The third-order valence-electron chi connectivity index (χ3n) is 3.40. The summed E-state index contributed by atoms with van der Waals surface area (Å²) in [6, 6.07) is 7.33. The van der Waals surface area contributed by atoms with Gasteiger partial charge < -0.3 is 8.85 Å². The van der Waals surface area contributed by atoms with Crippen molar-refractivity contribution in [1.82, 2.24) is 0 Å². The minimum atomic E-state index is -2.03. The molecule has 0 unspecified atom stereocenters. The first kappa shape index (κ1) is 20.2. The minimum absolute atomic E-state index is 0.0941. The highest BCUT2D eigenvalue weighted by Gasteiger charge is 2.29. The van der Waals surface area contributed by atoms with E-state index in [1.54, 1.807) is 18.3 Å². The molecule has 0 saturated heterocycles. The van der Waals surface area contributed by atoms with Gasteiger partial charge in [0.2, 0.25) is 0 Å². The Morgan fingerprint density at radius 2 is 1.83 bits per heavy atom. The topological polar surface area (TPSA) is 74.0 Å². The van der Waals surface area contributed by atoms with Crippen LogP contribution in [0.1, 0.15) is 25.8 Å². The third-order valence-corrected chi connectivity index (χ3v) is 6.46. The second-order valence-electron chi connectivity index (χ2n) is 5.37. The molecule has 0 aliphatic heterocycles. The summed E-state index contributed by atoms with van der Waals surface area (Å²) in [7, 11) is -2.03. The molecule has 1 rings (SSSR count). The maximum atomic E-state index is 10.6. The molecule has 0 aromatic heterocycles. The summed E-state index contributed by atoms with van der Waals surface area (Å²) in [6.07, 6.45) is 6.39. The molecule has 0 radical (unpaired) electrons. The van der Waals surface area contributed by atoms with Gasteiger partial charge in [0.05, 0.1) is 4.92 Å². The molecule has 0 bridgehead atoms. The Balaban J connectivity index is 2.35. The van der Waals surface area contributed by atoms with Crippen LogP contribution in [0, 0.1) is 10.1 Å². The van der Waals surface area contributed by atoms with E-state index in [2.05, 4.69) is 11.5 Å². The molecule has 1 aromatic carbocycles. The van der Waals surface area contributed by atoms with Crippen LogP contribution in [0.15, 0.2) is 35.3 Å². The van der Waals surface area contributed by atoms with Crippen molar-refractivity contribution in [3.63, 3.8) is 0 Å². The van der Waals surface area contributed by atoms with Crippen molar-refractivity contribution in [1.29, 1.82) is 0 Å². The zero-order valence-corrected chi connectivity index (χ0v) is 15.6. The lowest BCUT2D eigenvalue weighted by Crippen LogP contribution is -2.38. The number of hydrogen-bond donors (Lipinski definition) is 0. The lowest BCUT2D eigenvalue weighted by atomic mass is 10.2. The van der Waals surface area contributed by atoms with E-state index in [0.29, 0.717) is 13.2 Å².